The Hall–Kier alpha value is -5.11. The number of aromatic hydroxyl groups is 1. The van der Waals surface area contributed by atoms with Crippen molar-refractivity contribution in [3.8, 4) is 11.5 Å². The molecule has 0 bridgehead atoms. The van der Waals surface area contributed by atoms with Gasteiger partial charge >= 0.3 is 5.97 Å². The molecular formula is C36H38N2O6. The maximum absolute atomic E-state index is 13.3. The number of rotatable bonds is 15. The van der Waals surface area contributed by atoms with E-state index in [-0.39, 0.29) is 42.8 Å². The van der Waals surface area contributed by atoms with Crippen molar-refractivity contribution in [3.05, 3.63) is 130 Å². The van der Waals surface area contributed by atoms with Crippen molar-refractivity contribution in [1.29, 1.82) is 0 Å². The number of carbonyl (C=O) groups excluding carboxylic acids is 2. The molecule has 0 unspecified atom stereocenters. The number of aryl methyl sites for hydroxylation is 1. The Kier molecular flexibility index (Phi) is 11.5. The molecule has 0 fully saturated rings. The minimum atomic E-state index is -1.26. The number of carboxylic acid groups (broad SMARTS) is 1. The van der Waals surface area contributed by atoms with E-state index in [1.165, 1.54) is 37.0 Å². The van der Waals surface area contributed by atoms with E-state index in [4.69, 9.17) is 4.74 Å². The van der Waals surface area contributed by atoms with Gasteiger partial charge in [0.25, 0.3) is 11.8 Å². The van der Waals surface area contributed by atoms with Crippen molar-refractivity contribution < 1.29 is 29.3 Å². The topological polar surface area (TPSA) is 116 Å². The van der Waals surface area contributed by atoms with Crippen molar-refractivity contribution in [2.45, 2.75) is 52.2 Å². The number of nitrogens with zero attached hydrogens (tertiary/aromatic N) is 1. The van der Waals surface area contributed by atoms with Gasteiger partial charge in [0, 0.05) is 25.2 Å². The lowest BCUT2D eigenvalue weighted by atomic mass is 10.1. The van der Waals surface area contributed by atoms with Gasteiger partial charge in [-0.3, -0.25) is 9.59 Å². The van der Waals surface area contributed by atoms with E-state index in [9.17, 15) is 24.6 Å². The largest absolute Gasteiger partial charge is 0.507 e. The molecule has 0 heterocycles. The van der Waals surface area contributed by atoms with E-state index >= 15 is 0 Å². The Morgan fingerprint density at radius 3 is 2.09 bits per heavy atom. The van der Waals surface area contributed by atoms with Gasteiger partial charge in [-0.15, -0.1) is 0 Å². The molecule has 0 saturated carbocycles. The van der Waals surface area contributed by atoms with Crippen LogP contribution in [-0.2, 0) is 30.8 Å². The highest BCUT2D eigenvalue weighted by molar-refractivity contribution is 5.94. The number of aromatic carboxylic acids is 1. The molecule has 2 amide bonds. The molecule has 0 spiro atoms. The first kappa shape index (κ1) is 31.8. The van der Waals surface area contributed by atoms with Gasteiger partial charge in [0.2, 0.25) is 0 Å². The Morgan fingerprint density at radius 1 is 0.773 bits per heavy atom. The Morgan fingerprint density at radius 2 is 1.41 bits per heavy atom. The fourth-order valence-electron chi connectivity index (χ4n) is 4.73. The number of hydrogen-bond donors (Lipinski definition) is 3. The van der Waals surface area contributed by atoms with E-state index in [1.807, 2.05) is 30.3 Å². The van der Waals surface area contributed by atoms with Crippen molar-refractivity contribution >= 4 is 17.8 Å². The summed E-state index contributed by atoms with van der Waals surface area (Å²) in [5.41, 5.74) is 3.91. The van der Waals surface area contributed by atoms with Crippen LogP contribution in [0.3, 0.4) is 0 Å². The van der Waals surface area contributed by atoms with Gasteiger partial charge in [-0.1, -0.05) is 80.4 Å². The van der Waals surface area contributed by atoms with E-state index in [2.05, 4.69) is 24.4 Å². The van der Waals surface area contributed by atoms with Crippen molar-refractivity contribution in [3.63, 3.8) is 0 Å². The van der Waals surface area contributed by atoms with Gasteiger partial charge in [-0.05, 0) is 71.5 Å². The number of phenols is 1. The van der Waals surface area contributed by atoms with E-state index in [0.29, 0.717) is 23.4 Å². The lowest BCUT2D eigenvalue weighted by Gasteiger charge is -2.23. The summed E-state index contributed by atoms with van der Waals surface area (Å²) in [5.74, 6) is -1.56. The van der Waals surface area contributed by atoms with Crippen LogP contribution < -0.4 is 10.1 Å². The van der Waals surface area contributed by atoms with Crippen LogP contribution in [0.1, 0.15) is 69.2 Å². The van der Waals surface area contributed by atoms with Crippen LogP contribution in [0.4, 0.5) is 0 Å². The summed E-state index contributed by atoms with van der Waals surface area (Å²) in [7, 11) is 0. The monoisotopic (exact) mass is 594 g/mol. The number of para-hydroxylation sites is 1. The van der Waals surface area contributed by atoms with Gasteiger partial charge in [-0.2, -0.15) is 0 Å². The molecule has 4 rings (SSSR count). The summed E-state index contributed by atoms with van der Waals surface area (Å²) >= 11 is 0. The van der Waals surface area contributed by atoms with E-state index < -0.39 is 5.97 Å². The van der Waals surface area contributed by atoms with Gasteiger partial charge in [-0.25, -0.2) is 4.79 Å². The Balaban J connectivity index is 1.39. The van der Waals surface area contributed by atoms with Crippen LogP contribution in [0, 0.1) is 0 Å². The SMILES string of the molecule is CCCCCc1ccc(CNC(=O)c2ccc(CN(Cc3ccc(O)c(C(=O)O)c3)C(=O)COc3ccccc3)cc2)cc1. The maximum Gasteiger partial charge on any atom is 0.339 e. The third-order valence-electron chi connectivity index (χ3n) is 7.26. The first-order chi connectivity index (χ1) is 21.3. The first-order valence-corrected chi connectivity index (χ1v) is 14.8. The summed E-state index contributed by atoms with van der Waals surface area (Å²) in [6.07, 6.45) is 4.66. The minimum Gasteiger partial charge on any atom is -0.507 e. The van der Waals surface area contributed by atoms with Gasteiger partial charge in [0.15, 0.2) is 6.61 Å². The average Bonchev–Trinajstić information content (AvgIpc) is 3.04. The second-order valence-corrected chi connectivity index (χ2v) is 10.7. The van der Waals surface area contributed by atoms with Gasteiger partial charge < -0.3 is 25.2 Å². The standard InChI is InChI=1S/C36H38N2O6/c1-2-3-5-8-26-11-13-27(14-12-26)22-37-35(41)30-18-15-28(16-19-30)23-38(34(40)25-44-31-9-6-4-7-10-31)24-29-17-20-33(39)32(21-29)36(42)43/h4,6-7,9-21,39H,2-3,5,8,22-25H2,1H3,(H,37,41)(H,42,43). The summed E-state index contributed by atoms with van der Waals surface area (Å²) in [6, 6.07) is 28.5. The number of amides is 2. The van der Waals surface area contributed by atoms with Gasteiger partial charge in [0.1, 0.15) is 17.1 Å². The first-order valence-electron chi connectivity index (χ1n) is 14.8. The zero-order chi connectivity index (χ0) is 31.3. The maximum atomic E-state index is 13.3. The highest BCUT2D eigenvalue weighted by atomic mass is 16.5. The Bertz CT molecular complexity index is 1540. The summed E-state index contributed by atoms with van der Waals surface area (Å²) < 4.78 is 5.67. The predicted octanol–water partition coefficient (Wildman–Crippen LogP) is 6.36. The molecule has 8 heteroatoms. The quantitative estimate of drug-likeness (QED) is 0.138. The van der Waals surface area contributed by atoms with Crippen molar-refractivity contribution in [2.24, 2.45) is 0 Å². The van der Waals surface area contributed by atoms with Crippen LogP contribution in [0.25, 0.3) is 0 Å². The molecule has 0 aliphatic rings. The highest BCUT2D eigenvalue weighted by Crippen LogP contribution is 2.21. The average molecular weight is 595 g/mol. The third kappa shape index (κ3) is 9.46. The molecule has 0 aromatic heterocycles. The Labute approximate surface area is 257 Å². The van der Waals surface area contributed by atoms with E-state index in [0.717, 1.165) is 17.5 Å². The number of benzene rings is 4. The number of carbonyl (C=O) groups is 3. The normalized spacial score (nSPS) is 10.7. The lowest BCUT2D eigenvalue weighted by Crippen LogP contribution is -2.34. The zero-order valence-corrected chi connectivity index (χ0v) is 24.9. The molecule has 0 saturated heterocycles. The molecule has 0 radical (unpaired) electrons. The molecule has 228 valence electrons. The zero-order valence-electron chi connectivity index (χ0n) is 24.9. The predicted molar refractivity (Wildman–Crippen MR) is 169 cm³/mol. The molecule has 0 aliphatic heterocycles. The number of unbranched alkanes of at least 4 members (excludes halogenated alkanes) is 2. The molecule has 3 N–H and O–H groups in total. The molecular weight excluding hydrogens is 556 g/mol. The molecule has 0 atom stereocenters. The second kappa shape index (κ2) is 15.9. The number of carboxylic acids is 1. The molecule has 0 aliphatic carbocycles. The molecule has 4 aromatic rings. The second-order valence-electron chi connectivity index (χ2n) is 10.7. The summed E-state index contributed by atoms with van der Waals surface area (Å²) in [5, 5.41) is 22.3. The lowest BCUT2D eigenvalue weighted by molar-refractivity contribution is -0.134. The summed E-state index contributed by atoms with van der Waals surface area (Å²) in [6.45, 7) is 2.69. The van der Waals surface area contributed by atoms with Crippen molar-refractivity contribution in [2.75, 3.05) is 6.61 Å². The molecule has 4 aromatic carbocycles. The van der Waals surface area contributed by atoms with Gasteiger partial charge in [0.05, 0.1) is 0 Å². The van der Waals surface area contributed by atoms with Crippen molar-refractivity contribution in [1.82, 2.24) is 10.2 Å². The molecule has 8 nitrogen and oxygen atoms in total. The fourth-order valence-corrected chi connectivity index (χ4v) is 4.73. The van der Waals surface area contributed by atoms with Crippen LogP contribution in [0.5, 0.6) is 11.5 Å². The van der Waals surface area contributed by atoms with E-state index in [1.54, 1.807) is 47.4 Å². The number of hydrogen-bond acceptors (Lipinski definition) is 5. The fraction of sp³-hybridized carbons (Fsp3) is 0.250. The summed E-state index contributed by atoms with van der Waals surface area (Å²) in [4.78, 5) is 39.1. The van der Waals surface area contributed by atoms with Crippen LogP contribution in [-0.4, -0.2) is 39.5 Å². The molecule has 44 heavy (non-hydrogen) atoms. The third-order valence-corrected chi connectivity index (χ3v) is 7.26. The van der Waals surface area contributed by atoms with Crippen LogP contribution in [0.2, 0.25) is 0 Å². The minimum absolute atomic E-state index is 0.0944. The number of ether oxygens (including phenoxy) is 1. The number of nitrogens with one attached hydrogen (secondary N) is 1. The highest BCUT2D eigenvalue weighted by Gasteiger charge is 2.18. The van der Waals surface area contributed by atoms with Crippen LogP contribution in [0.15, 0.2) is 97.1 Å². The smallest absolute Gasteiger partial charge is 0.339 e. The van der Waals surface area contributed by atoms with Crippen LogP contribution >= 0.6 is 0 Å².